The van der Waals surface area contributed by atoms with Crippen LogP contribution in [0.1, 0.15) is 31.2 Å². The van der Waals surface area contributed by atoms with Gasteiger partial charge in [-0.2, -0.15) is 5.10 Å². The summed E-state index contributed by atoms with van der Waals surface area (Å²) in [7, 11) is 0. The Balaban J connectivity index is 1.88. The maximum absolute atomic E-state index is 11.0. The molecule has 0 radical (unpaired) electrons. The quantitative estimate of drug-likeness (QED) is 0.932. The van der Waals surface area contributed by atoms with E-state index in [2.05, 4.69) is 28.3 Å². The van der Waals surface area contributed by atoms with E-state index in [0.717, 1.165) is 36.8 Å². The summed E-state index contributed by atoms with van der Waals surface area (Å²) in [6.07, 6.45) is 9.21. The zero-order valence-electron chi connectivity index (χ0n) is 11.4. The summed E-state index contributed by atoms with van der Waals surface area (Å²) in [5.74, 6) is 0. The van der Waals surface area contributed by atoms with Crippen LogP contribution in [0, 0.1) is 0 Å². The Morgan fingerprint density at radius 1 is 1.25 bits per heavy atom. The number of nitrogens with zero attached hydrogens (tertiary/aromatic N) is 3. The van der Waals surface area contributed by atoms with Gasteiger partial charge in [0.05, 0.1) is 6.54 Å². The first-order valence-corrected chi connectivity index (χ1v) is 7.07. The van der Waals surface area contributed by atoms with E-state index in [4.69, 9.17) is 0 Å². The molecule has 0 amide bonds. The highest BCUT2D eigenvalue weighted by molar-refractivity contribution is 5.55. The zero-order chi connectivity index (χ0) is 13.8. The fourth-order valence-electron chi connectivity index (χ4n) is 2.85. The first kappa shape index (κ1) is 13.1. The molecule has 1 aromatic heterocycles. The largest absolute Gasteiger partial charge is 0.384 e. The van der Waals surface area contributed by atoms with Crippen molar-refractivity contribution in [3.05, 3.63) is 54.1 Å². The molecule has 1 N–H and O–H groups in total. The van der Waals surface area contributed by atoms with Crippen molar-refractivity contribution in [1.82, 2.24) is 14.8 Å². The number of aromatic nitrogens is 3. The molecule has 4 heteroatoms. The summed E-state index contributed by atoms with van der Waals surface area (Å²) in [4.78, 5) is 3.95. The number of rotatable bonds is 3. The van der Waals surface area contributed by atoms with Crippen LogP contribution in [0.4, 0.5) is 0 Å². The Morgan fingerprint density at radius 3 is 2.85 bits per heavy atom. The van der Waals surface area contributed by atoms with Crippen LogP contribution < -0.4 is 0 Å². The lowest BCUT2D eigenvalue weighted by molar-refractivity contribution is 0.0323. The van der Waals surface area contributed by atoms with Crippen LogP contribution in [-0.4, -0.2) is 25.5 Å². The van der Waals surface area contributed by atoms with E-state index in [0.29, 0.717) is 6.54 Å². The fourth-order valence-corrected chi connectivity index (χ4v) is 2.85. The molecule has 20 heavy (non-hydrogen) atoms. The second-order valence-electron chi connectivity index (χ2n) is 5.41. The van der Waals surface area contributed by atoms with Crippen molar-refractivity contribution < 1.29 is 5.11 Å². The lowest BCUT2D eigenvalue weighted by Gasteiger charge is -2.35. The van der Waals surface area contributed by atoms with E-state index in [9.17, 15) is 5.11 Å². The van der Waals surface area contributed by atoms with Crippen LogP contribution in [0.15, 0.2) is 48.6 Å². The van der Waals surface area contributed by atoms with Gasteiger partial charge in [0.1, 0.15) is 18.3 Å². The third kappa shape index (κ3) is 2.80. The van der Waals surface area contributed by atoms with Gasteiger partial charge in [-0.3, -0.25) is 0 Å². The summed E-state index contributed by atoms with van der Waals surface area (Å²) in [6.45, 7) is 0.478. The van der Waals surface area contributed by atoms with Crippen molar-refractivity contribution in [2.24, 2.45) is 0 Å². The summed E-state index contributed by atoms with van der Waals surface area (Å²) >= 11 is 0. The number of hydrogen-bond donors (Lipinski definition) is 1. The Bertz CT molecular complexity index is 577. The Labute approximate surface area is 118 Å². The van der Waals surface area contributed by atoms with E-state index in [1.165, 1.54) is 6.33 Å². The predicted molar refractivity (Wildman–Crippen MR) is 77.9 cm³/mol. The molecule has 1 heterocycles. The number of benzene rings is 1. The smallest absolute Gasteiger partial charge is 0.137 e. The highest BCUT2D eigenvalue weighted by Gasteiger charge is 2.34. The molecule has 104 valence electrons. The summed E-state index contributed by atoms with van der Waals surface area (Å²) in [5.41, 5.74) is 1.44. The zero-order valence-corrected chi connectivity index (χ0v) is 11.4. The van der Waals surface area contributed by atoms with E-state index < -0.39 is 5.60 Å². The molecule has 1 atom stereocenters. The minimum atomic E-state index is -0.804. The standard InChI is InChI=1S/C16H19N3O/c20-16(11-19-13-17-12-18-19)9-5-4-8-15(16)10-14-6-2-1-3-7-14/h1-3,6-7,10,12-13,20H,4-5,8-9,11H2. The van der Waals surface area contributed by atoms with E-state index in [1.807, 2.05) is 18.2 Å². The fraction of sp³-hybridized carbons (Fsp3) is 0.375. The van der Waals surface area contributed by atoms with Gasteiger partial charge < -0.3 is 5.11 Å². The van der Waals surface area contributed by atoms with Crippen LogP contribution >= 0.6 is 0 Å². The molecule has 1 aliphatic carbocycles. The van der Waals surface area contributed by atoms with Gasteiger partial charge in [0.25, 0.3) is 0 Å². The van der Waals surface area contributed by atoms with Crippen molar-refractivity contribution in [3.63, 3.8) is 0 Å². The van der Waals surface area contributed by atoms with Crippen molar-refractivity contribution in [2.45, 2.75) is 37.8 Å². The van der Waals surface area contributed by atoms with Gasteiger partial charge >= 0.3 is 0 Å². The number of hydrogen-bond acceptors (Lipinski definition) is 3. The van der Waals surface area contributed by atoms with Gasteiger partial charge in [0.2, 0.25) is 0 Å². The van der Waals surface area contributed by atoms with Crippen molar-refractivity contribution in [2.75, 3.05) is 0 Å². The monoisotopic (exact) mass is 269 g/mol. The van der Waals surface area contributed by atoms with Gasteiger partial charge in [0, 0.05) is 0 Å². The van der Waals surface area contributed by atoms with Crippen molar-refractivity contribution in [1.29, 1.82) is 0 Å². The van der Waals surface area contributed by atoms with E-state index >= 15 is 0 Å². The second-order valence-corrected chi connectivity index (χ2v) is 5.41. The molecule has 1 aliphatic rings. The molecule has 0 aliphatic heterocycles. The highest BCUT2D eigenvalue weighted by atomic mass is 16.3. The minimum absolute atomic E-state index is 0.478. The minimum Gasteiger partial charge on any atom is -0.384 e. The summed E-state index contributed by atoms with van der Waals surface area (Å²) in [6, 6.07) is 10.2. The van der Waals surface area contributed by atoms with Gasteiger partial charge in [-0.25, -0.2) is 9.67 Å². The lowest BCUT2D eigenvalue weighted by atomic mass is 9.79. The second kappa shape index (κ2) is 5.59. The van der Waals surface area contributed by atoms with Crippen LogP contribution in [0.3, 0.4) is 0 Å². The lowest BCUT2D eigenvalue weighted by Crippen LogP contribution is -2.38. The van der Waals surface area contributed by atoms with Crippen LogP contribution in [0.25, 0.3) is 6.08 Å². The third-order valence-electron chi connectivity index (χ3n) is 3.91. The predicted octanol–water partition coefficient (Wildman–Crippen LogP) is 2.67. The molecule has 1 aromatic carbocycles. The van der Waals surface area contributed by atoms with Gasteiger partial charge in [-0.15, -0.1) is 0 Å². The molecule has 4 nitrogen and oxygen atoms in total. The topological polar surface area (TPSA) is 50.9 Å². The van der Waals surface area contributed by atoms with E-state index in [-0.39, 0.29) is 0 Å². The van der Waals surface area contributed by atoms with Crippen LogP contribution in [0.2, 0.25) is 0 Å². The maximum atomic E-state index is 11.0. The molecule has 0 bridgehead atoms. The van der Waals surface area contributed by atoms with Crippen LogP contribution in [-0.2, 0) is 6.54 Å². The van der Waals surface area contributed by atoms with Crippen molar-refractivity contribution in [3.8, 4) is 0 Å². The molecule has 2 aromatic rings. The molecular formula is C16H19N3O. The average molecular weight is 269 g/mol. The molecule has 1 fully saturated rings. The molecule has 1 saturated carbocycles. The number of aliphatic hydroxyl groups is 1. The normalized spacial score (nSPS) is 24.9. The Kier molecular flexibility index (Phi) is 3.65. The molecular weight excluding hydrogens is 250 g/mol. The summed E-state index contributed by atoms with van der Waals surface area (Å²) < 4.78 is 1.71. The first-order chi connectivity index (χ1) is 9.76. The van der Waals surface area contributed by atoms with E-state index in [1.54, 1.807) is 11.0 Å². The third-order valence-corrected chi connectivity index (χ3v) is 3.91. The van der Waals surface area contributed by atoms with Crippen molar-refractivity contribution >= 4 is 6.08 Å². The van der Waals surface area contributed by atoms with Gasteiger partial charge in [-0.05, 0) is 36.8 Å². The SMILES string of the molecule is OC1(Cn2cncn2)CCCCC1=Cc1ccccc1. The average Bonchev–Trinajstić information content (AvgIpc) is 2.95. The molecule has 0 spiro atoms. The highest BCUT2D eigenvalue weighted by Crippen LogP contribution is 2.35. The molecule has 3 rings (SSSR count). The van der Waals surface area contributed by atoms with Crippen LogP contribution in [0.5, 0.6) is 0 Å². The molecule has 1 unspecified atom stereocenters. The Hall–Kier alpha value is -1.94. The molecule has 0 saturated heterocycles. The summed E-state index contributed by atoms with van der Waals surface area (Å²) in [5, 5.41) is 15.1. The first-order valence-electron chi connectivity index (χ1n) is 7.07. The Morgan fingerprint density at radius 2 is 2.10 bits per heavy atom. The van der Waals surface area contributed by atoms with Gasteiger partial charge in [0.15, 0.2) is 0 Å². The maximum Gasteiger partial charge on any atom is 0.137 e. The van der Waals surface area contributed by atoms with Gasteiger partial charge in [-0.1, -0.05) is 36.4 Å².